The van der Waals surface area contributed by atoms with Crippen molar-refractivity contribution >= 4 is 6.34 Å². The third-order valence-corrected chi connectivity index (χ3v) is 3.07. The Balaban J connectivity index is 2.29. The monoisotopic (exact) mass is 230 g/mol. The maximum atomic E-state index is 6.21. The maximum Gasteiger partial charge on any atom is 0.155 e. The molecule has 4 nitrogen and oxygen atoms in total. The van der Waals surface area contributed by atoms with E-state index in [2.05, 4.69) is 42.4 Å². The zero-order valence-electron chi connectivity index (χ0n) is 10.2. The minimum Gasteiger partial charge on any atom is -0.398 e. The molecule has 2 rings (SSSR count). The largest absolute Gasteiger partial charge is 0.398 e. The molecule has 0 saturated heterocycles. The first-order chi connectivity index (χ1) is 8.01. The highest BCUT2D eigenvalue weighted by molar-refractivity contribution is 5.60. The van der Waals surface area contributed by atoms with Gasteiger partial charge in [-0.2, -0.15) is 0 Å². The lowest BCUT2D eigenvalue weighted by atomic mass is 9.94. The number of hydrogen-bond acceptors (Lipinski definition) is 4. The van der Waals surface area contributed by atoms with Crippen LogP contribution in [0, 0.1) is 13.8 Å². The number of benzene rings is 1. The van der Waals surface area contributed by atoms with Crippen LogP contribution in [0.1, 0.15) is 16.7 Å². The molecule has 1 aromatic carbocycles. The van der Waals surface area contributed by atoms with Gasteiger partial charge in [0.1, 0.15) is 0 Å². The average Bonchev–Trinajstić information content (AvgIpc) is 2.27. The van der Waals surface area contributed by atoms with Crippen LogP contribution in [0.25, 0.3) is 0 Å². The van der Waals surface area contributed by atoms with Gasteiger partial charge in [-0.05, 0) is 25.0 Å². The Bertz CT molecular complexity index is 490. The van der Waals surface area contributed by atoms with Crippen molar-refractivity contribution < 1.29 is 0 Å². The molecule has 17 heavy (non-hydrogen) atoms. The fourth-order valence-corrected chi connectivity index (χ4v) is 1.96. The van der Waals surface area contributed by atoms with Gasteiger partial charge in [0.15, 0.2) is 5.66 Å². The first-order valence-electron chi connectivity index (χ1n) is 5.62. The SMILES string of the molecule is Cc1ccc(CC2(N)N=CNC=C2N)c(C)c1. The van der Waals surface area contributed by atoms with Gasteiger partial charge < -0.3 is 16.8 Å². The molecule has 0 aliphatic carbocycles. The number of nitrogens with two attached hydrogens (primary N) is 2. The highest BCUT2D eigenvalue weighted by atomic mass is 15.1. The fourth-order valence-electron chi connectivity index (χ4n) is 1.96. The van der Waals surface area contributed by atoms with Crippen LogP contribution >= 0.6 is 0 Å². The minimum atomic E-state index is -0.828. The summed E-state index contributed by atoms with van der Waals surface area (Å²) in [6, 6.07) is 6.31. The van der Waals surface area contributed by atoms with Crippen LogP contribution in [0.3, 0.4) is 0 Å². The summed E-state index contributed by atoms with van der Waals surface area (Å²) in [4.78, 5) is 4.25. The maximum absolute atomic E-state index is 6.21. The lowest BCUT2D eigenvalue weighted by Crippen LogP contribution is -2.48. The molecule has 1 unspecified atom stereocenters. The summed E-state index contributed by atoms with van der Waals surface area (Å²) in [5.74, 6) is 0. The second-order valence-electron chi connectivity index (χ2n) is 4.56. The van der Waals surface area contributed by atoms with E-state index >= 15 is 0 Å². The molecule has 1 heterocycles. The van der Waals surface area contributed by atoms with Crippen molar-refractivity contribution in [3.63, 3.8) is 0 Å². The number of hydrogen-bond donors (Lipinski definition) is 3. The van der Waals surface area contributed by atoms with Crippen LogP contribution in [0.5, 0.6) is 0 Å². The highest BCUT2D eigenvalue weighted by Crippen LogP contribution is 2.21. The Hall–Kier alpha value is -1.81. The normalized spacial score (nSPS) is 23.1. The van der Waals surface area contributed by atoms with Gasteiger partial charge in [-0.3, -0.25) is 0 Å². The van der Waals surface area contributed by atoms with E-state index in [0.29, 0.717) is 12.1 Å². The number of nitrogens with zero attached hydrogens (tertiary/aromatic N) is 1. The van der Waals surface area contributed by atoms with E-state index in [1.807, 2.05) is 0 Å². The van der Waals surface area contributed by atoms with Crippen molar-refractivity contribution in [1.29, 1.82) is 0 Å². The van der Waals surface area contributed by atoms with Crippen molar-refractivity contribution in [3.05, 3.63) is 46.8 Å². The average molecular weight is 230 g/mol. The topological polar surface area (TPSA) is 76.4 Å². The Kier molecular flexibility index (Phi) is 2.90. The molecule has 1 atom stereocenters. The van der Waals surface area contributed by atoms with Crippen LogP contribution in [0.2, 0.25) is 0 Å². The molecule has 90 valence electrons. The van der Waals surface area contributed by atoms with Gasteiger partial charge in [-0.1, -0.05) is 23.8 Å². The number of nitrogens with one attached hydrogen (secondary N) is 1. The van der Waals surface area contributed by atoms with Gasteiger partial charge in [-0.15, -0.1) is 0 Å². The summed E-state index contributed by atoms with van der Waals surface area (Å²) in [7, 11) is 0. The zero-order valence-corrected chi connectivity index (χ0v) is 10.2. The zero-order chi connectivity index (χ0) is 12.5. The van der Waals surface area contributed by atoms with Crippen molar-refractivity contribution in [2.75, 3.05) is 0 Å². The van der Waals surface area contributed by atoms with E-state index in [1.54, 1.807) is 12.5 Å². The van der Waals surface area contributed by atoms with Crippen LogP contribution < -0.4 is 16.8 Å². The van der Waals surface area contributed by atoms with Crippen LogP contribution in [-0.4, -0.2) is 12.0 Å². The van der Waals surface area contributed by atoms with Crippen LogP contribution in [0.4, 0.5) is 0 Å². The van der Waals surface area contributed by atoms with Gasteiger partial charge in [0, 0.05) is 12.6 Å². The van der Waals surface area contributed by atoms with Gasteiger partial charge in [-0.25, -0.2) is 4.99 Å². The molecular weight excluding hydrogens is 212 g/mol. The Morgan fingerprint density at radius 2 is 2.12 bits per heavy atom. The summed E-state index contributed by atoms with van der Waals surface area (Å²) in [5, 5.41) is 2.84. The predicted molar refractivity (Wildman–Crippen MR) is 70.4 cm³/mol. The Morgan fingerprint density at radius 3 is 2.76 bits per heavy atom. The van der Waals surface area contributed by atoms with Crippen LogP contribution in [-0.2, 0) is 6.42 Å². The summed E-state index contributed by atoms with van der Waals surface area (Å²) in [6.07, 6.45) is 3.88. The third kappa shape index (κ3) is 2.31. The number of aliphatic imine (C=N–C) groups is 1. The molecule has 0 aromatic heterocycles. The predicted octanol–water partition coefficient (Wildman–Crippen LogP) is 0.933. The van der Waals surface area contributed by atoms with Crippen molar-refractivity contribution in [1.82, 2.24) is 5.32 Å². The Labute approximate surface area is 101 Å². The van der Waals surface area contributed by atoms with Gasteiger partial charge in [0.25, 0.3) is 0 Å². The lowest BCUT2D eigenvalue weighted by Gasteiger charge is -2.28. The second kappa shape index (κ2) is 4.22. The number of rotatable bonds is 2. The summed E-state index contributed by atoms with van der Waals surface area (Å²) in [6.45, 7) is 4.16. The molecule has 0 fully saturated rings. The molecule has 1 aliphatic rings. The highest BCUT2D eigenvalue weighted by Gasteiger charge is 2.29. The van der Waals surface area contributed by atoms with E-state index < -0.39 is 5.66 Å². The van der Waals surface area contributed by atoms with E-state index in [-0.39, 0.29) is 0 Å². The molecule has 0 saturated carbocycles. The van der Waals surface area contributed by atoms with Gasteiger partial charge in [0.05, 0.1) is 12.0 Å². The standard InChI is InChI=1S/C13H18N4/c1-9-3-4-11(10(2)5-9)6-13(15)12(14)7-16-8-17-13/h3-5,7-8H,6,14-15H2,1-2H3,(H,16,17). The van der Waals surface area contributed by atoms with Crippen LogP contribution in [0.15, 0.2) is 35.1 Å². The fraction of sp³-hybridized carbons (Fsp3) is 0.308. The third-order valence-electron chi connectivity index (χ3n) is 3.07. The minimum absolute atomic E-state index is 0.556. The first-order valence-corrected chi connectivity index (χ1v) is 5.62. The molecule has 0 radical (unpaired) electrons. The molecule has 1 aromatic rings. The summed E-state index contributed by atoms with van der Waals surface area (Å²) >= 11 is 0. The van der Waals surface area contributed by atoms with E-state index in [0.717, 1.165) is 0 Å². The molecule has 5 N–H and O–H groups in total. The van der Waals surface area contributed by atoms with Gasteiger partial charge >= 0.3 is 0 Å². The molecule has 0 bridgehead atoms. The quantitative estimate of drug-likeness (QED) is 0.707. The molecule has 0 amide bonds. The van der Waals surface area contributed by atoms with E-state index in [9.17, 15) is 0 Å². The van der Waals surface area contributed by atoms with Crippen molar-refractivity contribution in [2.24, 2.45) is 16.5 Å². The molecule has 4 heteroatoms. The smallest absolute Gasteiger partial charge is 0.155 e. The second-order valence-corrected chi connectivity index (χ2v) is 4.56. The van der Waals surface area contributed by atoms with E-state index in [1.165, 1.54) is 16.7 Å². The first kappa shape index (κ1) is 11.7. The molecule has 0 spiro atoms. The summed E-state index contributed by atoms with van der Waals surface area (Å²) in [5.41, 5.74) is 15.5. The van der Waals surface area contributed by atoms with Gasteiger partial charge in [0.2, 0.25) is 0 Å². The summed E-state index contributed by atoms with van der Waals surface area (Å²) < 4.78 is 0. The van der Waals surface area contributed by atoms with E-state index in [4.69, 9.17) is 11.5 Å². The molecular formula is C13H18N4. The van der Waals surface area contributed by atoms with Crippen molar-refractivity contribution in [3.8, 4) is 0 Å². The van der Waals surface area contributed by atoms with Crippen molar-refractivity contribution in [2.45, 2.75) is 25.9 Å². The lowest BCUT2D eigenvalue weighted by molar-refractivity contribution is 0.505. The number of aryl methyl sites for hydroxylation is 2. The Morgan fingerprint density at radius 1 is 1.35 bits per heavy atom. The molecule has 1 aliphatic heterocycles.